The number of fused-ring (bicyclic) bond motifs is 1. The molecule has 0 spiro atoms. The highest BCUT2D eigenvalue weighted by Crippen LogP contribution is 2.11. The average molecular weight is 332 g/mol. The Morgan fingerprint density at radius 3 is 2.60 bits per heavy atom. The first-order valence-electron chi connectivity index (χ1n) is 7.89. The summed E-state index contributed by atoms with van der Waals surface area (Å²) < 4.78 is 0. The Morgan fingerprint density at radius 2 is 1.92 bits per heavy atom. The van der Waals surface area contributed by atoms with Crippen LogP contribution in [0.3, 0.4) is 0 Å². The molecule has 0 unspecified atom stereocenters. The van der Waals surface area contributed by atoms with E-state index < -0.39 is 0 Å². The number of nitrogens with zero attached hydrogens (tertiary/aromatic N) is 3. The summed E-state index contributed by atoms with van der Waals surface area (Å²) in [6.07, 6.45) is 0. The number of benzene rings is 2. The fourth-order valence-electron chi connectivity index (χ4n) is 2.59. The van der Waals surface area contributed by atoms with E-state index in [-0.39, 0.29) is 18.0 Å². The zero-order chi connectivity index (χ0) is 17.8. The summed E-state index contributed by atoms with van der Waals surface area (Å²) in [7, 11) is 0. The van der Waals surface area contributed by atoms with E-state index in [2.05, 4.69) is 9.97 Å². The Balaban J connectivity index is 1.87. The van der Waals surface area contributed by atoms with Crippen molar-refractivity contribution in [1.29, 1.82) is 5.26 Å². The lowest BCUT2D eigenvalue weighted by molar-refractivity contribution is 0.0748. The van der Waals surface area contributed by atoms with Crippen LogP contribution in [0.2, 0.25) is 0 Å². The van der Waals surface area contributed by atoms with Gasteiger partial charge in [-0.15, -0.1) is 0 Å². The Hall–Kier alpha value is -3.46. The van der Waals surface area contributed by atoms with Gasteiger partial charge in [0.25, 0.3) is 11.5 Å². The molecule has 1 N–H and O–H groups in total. The van der Waals surface area contributed by atoms with E-state index in [1.165, 1.54) is 0 Å². The van der Waals surface area contributed by atoms with Gasteiger partial charge in [-0.1, -0.05) is 12.1 Å². The van der Waals surface area contributed by atoms with Crippen molar-refractivity contribution >= 4 is 16.8 Å². The second-order valence-corrected chi connectivity index (χ2v) is 5.54. The third-order valence-electron chi connectivity index (χ3n) is 3.93. The largest absolute Gasteiger partial charge is 0.331 e. The van der Waals surface area contributed by atoms with Gasteiger partial charge in [0.15, 0.2) is 0 Å². The number of nitriles is 1. The van der Waals surface area contributed by atoms with Gasteiger partial charge in [-0.2, -0.15) is 5.26 Å². The molecule has 1 aromatic heterocycles. The summed E-state index contributed by atoms with van der Waals surface area (Å²) >= 11 is 0. The van der Waals surface area contributed by atoms with Crippen molar-refractivity contribution in [1.82, 2.24) is 14.9 Å². The van der Waals surface area contributed by atoms with Crippen molar-refractivity contribution in [2.75, 3.05) is 6.54 Å². The van der Waals surface area contributed by atoms with Crippen LogP contribution < -0.4 is 5.56 Å². The summed E-state index contributed by atoms with van der Waals surface area (Å²) in [5, 5.41) is 9.36. The summed E-state index contributed by atoms with van der Waals surface area (Å²) in [5.41, 5.74) is 1.37. The van der Waals surface area contributed by atoms with Crippen molar-refractivity contribution in [2.24, 2.45) is 0 Å². The number of amides is 1. The van der Waals surface area contributed by atoms with Crippen molar-refractivity contribution < 1.29 is 4.79 Å². The second kappa shape index (κ2) is 6.97. The van der Waals surface area contributed by atoms with Crippen molar-refractivity contribution in [3.05, 3.63) is 75.8 Å². The Kier molecular flexibility index (Phi) is 4.57. The van der Waals surface area contributed by atoms with Crippen LogP contribution in [0.5, 0.6) is 0 Å². The number of para-hydroxylation sites is 1. The van der Waals surface area contributed by atoms with Crippen LogP contribution in [0.4, 0.5) is 0 Å². The van der Waals surface area contributed by atoms with Gasteiger partial charge in [-0.25, -0.2) is 4.98 Å². The van der Waals surface area contributed by atoms with Crippen LogP contribution in [0, 0.1) is 11.3 Å². The molecule has 0 aliphatic heterocycles. The number of nitrogens with one attached hydrogen (secondary N) is 1. The number of carbonyl (C=O) groups is 1. The predicted molar refractivity (Wildman–Crippen MR) is 93.9 cm³/mol. The molecule has 0 atom stereocenters. The first kappa shape index (κ1) is 16.4. The van der Waals surface area contributed by atoms with Gasteiger partial charge in [0.1, 0.15) is 5.82 Å². The molecule has 0 bridgehead atoms. The average Bonchev–Trinajstić information content (AvgIpc) is 2.65. The van der Waals surface area contributed by atoms with E-state index in [9.17, 15) is 9.59 Å². The lowest BCUT2D eigenvalue weighted by atomic mass is 10.1. The standard InChI is InChI=1S/C19H16N4O2/c1-2-23(19(25)14-9-7-13(11-20)8-10-14)12-17-21-16-6-4-3-5-15(16)18(24)22-17/h3-10H,2,12H2,1H3,(H,21,22,24). The number of carbonyl (C=O) groups excluding carboxylic acids is 1. The molecule has 3 rings (SSSR count). The molecule has 6 nitrogen and oxygen atoms in total. The first-order chi connectivity index (χ1) is 12.1. The molecule has 3 aromatic rings. The highest BCUT2D eigenvalue weighted by molar-refractivity contribution is 5.94. The number of H-pyrrole nitrogens is 1. The molecule has 124 valence electrons. The topological polar surface area (TPSA) is 89.8 Å². The lowest BCUT2D eigenvalue weighted by Gasteiger charge is -2.20. The Labute approximate surface area is 144 Å². The quantitative estimate of drug-likeness (QED) is 0.794. The van der Waals surface area contributed by atoms with Crippen molar-refractivity contribution in [3.63, 3.8) is 0 Å². The van der Waals surface area contributed by atoms with Gasteiger partial charge in [-0.05, 0) is 43.3 Å². The molecule has 1 amide bonds. The third kappa shape index (κ3) is 3.40. The fraction of sp³-hybridized carbons (Fsp3) is 0.158. The van der Waals surface area contributed by atoms with Gasteiger partial charge in [0.2, 0.25) is 0 Å². The molecule has 0 saturated heterocycles. The molecular formula is C19H16N4O2. The maximum absolute atomic E-state index is 12.7. The molecule has 0 aliphatic rings. The van der Waals surface area contributed by atoms with Crippen LogP contribution in [0.25, 0.3) is 10.9 Å². The maximum Gasteiger partial charge on any atom is 0.258 e. The highest BCUT2D eigenvalue weighted by atomic mass is 16.2. The number of rotatable bonds is 4. The summed E-state index contributed by atoms with van der Waals surface area (Å²) in [4.78, 5) is 33.6. The smallest absolute Gasteiger partial charge is 0.258 e. The Morgan fingerprint density at radius 1 is 1.20 bits per heavy atom. The molecule has 1 heterocycles. The van der Waals surface area contributed by atoms with Crippen LogP contribution >= 0.6 is 0 Å². The minimum absolute atomic E-state index is 0.178. The maximum atomic E-state index is 12.7. The lowest BCUT2D eigenvalue weighted by Crippen LogP contribution is -2.32. The normalized spacial score (nSPS) is 10.4. The molecular weight excluding hydrogens is 316 g/mol. The van der Waals surface area contributed by atoms with E-state index in [1.807, 2.05) is 19.1 Å². The number of aromatic amines is 1. The molecule has 2 aromatic carbocycles. The van der Waals surface area contributed by atoms with Gasteiger partial charge in [0.05, 0.1) is 29.1 Å². The number of aromatic nitrogens is 2. The number of hydrogen-bond donors (Lipinski definition) is 1. The summed E-state index contributed by atoms with van der Waals surface area (Å²) in [6.45, 7) is 2.53. The summed E-state index contributed by atoms with van der Waals surface area (Å²) in [6, 6.07) is 15.6. The molecule has 0 aliphatic carbocycles. The first-order valence-corrected chi connectivity index (χ1v) is 7.89. The SMILES string of the molecule is CCN(Cc1nc2ccccc2c(=O)[nH]1)C(=O)c1ccc(C#N)cc1. The predicted octanol–water partition coefficient (Wildman–Crippen LogP) is 2.46. The second-order valence-electron chi connectivity index (χ2n) is 5.54. The highest BCUT2D eigenvalue weighted by Gasteiger charge is 2.16. The van der Waals surface area contributed by atoms with E-state index in [0.717, 1.165) is 0 Å². The zero-order valence-corrected chi connectivity index (χ0v) is 13.7. The Bertz CT molecular complexity index is 1020. The van der Waals surface area contributed by atoms with E-state index in [1.54, 1.807) is 47.4 Å². The van der Waals surface area contributed by atoms with Gasteiger partial charge in [-0.3, -0.25) is 9.59 Å². The van der Waals surface area contributed by atoms with E-state index in [0.29, 0.717) is 34.4 Å². The van der Waals surface area contributed by atoms with Crippen molar-refractivity contribution in [3.8, 4) is 6.07 Å². The van der Waals surface area contributed by atoms with Crippen LogP contribution in [0.1, 0.15) is 28.7 Å². The molecule has 0 saturated carbocycles. The van der Waals surface area contributed by atoms with Crippen LogP contribution in [-0.2, 0) is 6.54 Å². The van der Waals surface area contributed by atoms with E-state index >= 15 is 0 Å². The fourth-order valence-corrected chi connectivity index (χ4v) is 2.59. The zero-order valence-electron chi connectivity index (χ0n) is 13.7. The third-order valence-corrected chi connectivity index (χ3v) is 3.93. The molecule has 0 fully saturated rings. The van der Waals surface area contributed by atoms with Crippen molar-refractivity contribution in [2.45, 2.75) is 13.5 Å². The van der Waals surface area contributed by atoms with E-state index in [4.69, 9.17) is 5.26 Å². The van der Waals surface area contributed by atoms with Gasteiger partial charge < -0.3 is 9.88 Å². The molecule has 0 radical (unpaired) electrons. The van der Waals surface area contributed by atoms with Gasteiger partial charge >= 0.3 is 0 Å². The minimum Gasteiger partial charge on any atom is -0.331 e. The minimum atomic E-state index is -0.220. The van der Waals surface area contributed by atoms with Crippen LogP contribution in [0.15, 0.2) is 53.3 Å². The summed E-state index contributed by atoms with van der Waals surface area (Å²) in [5.74, 6) is 0.260. The molecule has 25 heavy (non-hydrogen) atoms. The monoisotopic (exact) mass is 332 g/mol. The number of hydrogen-bond acceptors (Lipinski definition) is 4. The van der Waals surface area contributed by atoms with Crippen LogP contribution in [-0.4, -0.2) is 27.3 Å². The molecule has 6 heteroatoms. The van der Waals surface area contributed by atoms with Gasteiger partial charge in [0, 0.05) is 12.1 Å².